The Morgan fingerprint density at radius 1 is 1.29 bits per heavy atom. The van der Waals surface area contributed by atoms with Gasteiger partial charge in [-0.05, 0) is 29.7 Å². The number of halogens is 2. The number of carbonyl (C=O) groups is 1. The van der Waals surface area contributed by atoms with E-state index in [0.717, 1.165) is 18.6 Å². The van der Waals surface area contributed by atoms with Gasteiger partial charge in [-0.25, -0.2) is 8.78 Å². The SMILES string of the molecule is Nc1cc(F)cc(C(=O)NCC2Cc3ccccc32)c1F. The van der Waals surface area contributed by atoms with Crippen LogP contribution >= 0.6 is 0 Å². The molecule has 0 heterocycles. The Bertz CT molecular complexity index is 715. The number of rotatable bonds is 3. The lowest BCUT2D eigenvalue weighted by molar-refractivity contribution is 0.0945. The third kappa shape index (κ3) is 2.46. The van der Waals surface area contributed by atoms with Gasteiger partial charge in [-0.2, -0.15) is 0 Å². The number of anilines is 1. The minimum Gasteiger partial charge on any atom is -0.396 e. The van der Waals surface area contributed by atoms with Crippen molar-refractivity contribution in [3.05, 3.63) is 64.7 Å². The zero-order chi connectivity index (χ0) is 15.0. The number of nitrogens with two attached hydrogens (primary N) is 1. The number of fused-ring (bicyclic) bond motifs is 1. The lowest BCUT2D eigenvalue weighted by Crippen LogP contribution is -2.33. The first-order valence-corrected chi connectivity index (χ1v) is 6.67. The van der Waals surface area contributed by atoms with Gasteiger partial charge in [0, 0.05) is 12.5 Å². The fourth-order valence-electron chi connectivity index (χ4n) is 2.63. The van der Waals surface area contributed by atoms with Crippen molar-refractivity contribution in [3.63, 3.8) is 0 Å². The van der Waals surface area contributed by atoms with Crippen LogP contribution in [-0.2, 0) is 6.42 Å². The second kappa shape index (κ2) is 5.16. The van der Waals surface area contributed by atoms with Gasteiger partial charge in [0.2, 0.25) is 0 Å². The molecule has 1 atom stereocenters. The van der Waals surface area contributed by atoms with E-state index in [2.05, 4.69) is 5.32 Å². The van der Waals surface area contributed by atoms with E-state index in [1.54, 1.807) is 0 Å². The molecule has 5 heteroatoms. The van der Waals surface area contributed by atoms with Crippen LogP contribution in [0, 0.1) is 11.6 Å². The van der Waals surface area contributed by atoms with Crippen molar-refractivity contribution in [1.82, 2.24) is 5.32 Å². The van der Waals surface area contributed by atoms with Crippen LogP contribution in [0.3, 0.4) is 0 Å². The Hall–Kier alpha value is -2.43. The Labute approximate surface area is 120 Å². The highest BCUT2D eigenvalue weighted by Gasteiger charge is 2.26. The molecule has 3 rings (SSSR count). The monoisotopic (exact) mass is 288 g/mol. The van der Waals surface area contributed by atoms with E-state index in [-0.39, 0.29) is 17.2 Å². The number of nitrogen functional groups attached to an aromatic ring is 1. The Balaban J connectivity index is 1.69. The number of hydrogen-bond donors (Lipinski definition) is 2. The van der Waals surface area contributed by atoms with Crippen molar-refractivity contribution in [1.29, 1.82) is 0 Å². The molecule has 0 bridgehead atoms. The number of hydrogen-bond acceptors (Lipinski definition) is 2. The van der Waals surface area contributed by atoms with Gasteiger partial charge in [-0.1, -0.05) is 24.3 Å². The van der Waals surface area contributed by atoms with E-state index in [4.69, 9.17) is 5.73 Å². The molecule has 0 saturated carbocycles. The van der Waals surface area contributed by atoms with Crippen molar-refractivity contribution in [2.75, 3.05) is 12.3 Å². The van der Waals surface area contributed by atoms with Crippen molar-refractivity contribution in [2.24, 2.45) is 0 Å². The van der Waals surface area contributed by atoms with E-state index in [9.17, 15) is 13.6 Å². The van der Waals surface area contributed by atoms with Gasteiger partial charge in [-0.15, -0.1) is 0 Å². The van der Waals surface area contributed by atoms with Crippen LogP contribution in [0.1, 0.15) is 27.4 Å². The fraction of sp³-hybridized carbons (Fsp3) is 0.188. The Morgan fingerprint density at radius 3 is 2.81 bits per heavy atom. The number of carbonyl (C=O) groups excluding carboxylic acids is 1. The summed E-state index contributed by atoms with van der Waals surface area (Å²) in [5, 5.41) is 2.64. The van der Waals surface area contributed by atoms with E-state index in [1.807, 2.05) is 24.3 Å². The number of amides is 1. The topological polar surface area (TPSA) is 55.1 Å². The summed E-state index contributed by atoms with van der Waals surface area (Å²) >= 11 is 0. The van der Waals surface area contributed by atoms with Gasteiger partial charge < -0.3 is 11.1 Å². The van der Waals surface area contributed by atoms with Gasteiger partial charge >= 0.3 is 0 Å². The third-order valence-corrected chi connectivity index (χ3v) is 3.78. The van der Waals surface area contributed by atoms with Crippen LogP contribution in [-0.4, -0.2) is 12.5 Å². The molecule has 21 heavy (non-hydrogen) atoms. The summed E-state index contributed by atoms with van der Waals surface area (Å²) in [7, 11) is 0. The molecule has 2 aromatic carbocycles. The maximum atomic E-state index is 13.7. The maximum Gasteiger partial charge on any atom is 0.254 e. The van der Waals surface area contributed by atoms with Gasteiger partial charge in [0.05, 0.1) is 11.3 Å². The van der Waals surface area contributed by atoms with Crippen LogP contribution in [0.4, 0.5) is 14.5 Å². The Morgan fingerprint density at radius 2 is 2.05 bits per heavy atom. The summed E-state index contributed by atoms with van der Waals surface area (Å²) in [5.74, 6) is -2.04. The lowest BCUT2D eigenvalue weighted by Gasteiger charge is -2.30. The summed E-state index contributed by atoms with van der Waals surface area (Å²) in [6, 6.07) is 9.68. The summed E-state index contributed by atoms with van der Waals surface area (Å²) in [4.78, 5) is 12.0. The molecule has 2 aromatic rings. The van der Waals surface area contributed by atoms with Crippen LogP contribution < -0.4 is 11.1 Å². The van der Waals surface area contributed by atoms with Crippen molar-refractivity contribution in [2.45, 2.75) is 12.3 Å². The number of benzene rings is 2. The van der Waals surface area contributed by atoms with E-state index in [1.165, 1.54) is 11.1 Å². The molecule has 1 aliphatic carbocycles. The number of nitrogens with one attached hydrogen (secondary N) is 1. The molecule has 0 aliphatic heterocycles. The molecule has 1 amide bonds. The quantitative estimate of drug-likeness (QED) is 0.853. The van der Waals surface area contributed by atoms with E-state index < -0.39 is 17.5 Å². The largest absolute Gasteiger partial charge is 0.396 e. The second-order valence-electron chi connectivity index (χ2n) is 5.17. The molecular weight excluding hydrogens is 274 g/mol. The van der Waals surface area contributed by atoms with E-state index >= 15 is 0 Å². The minimum absolute atomic E-state index is 0.221. The first-order chi connectivity index (χ1) is 10.1. The maximum absolute atomic E-state index is 13.7. The predicted octanol–water partition coefficient (Wildman–Crippen LogP) is 2.62. The first kappa shape index (κ1) is 13.5. The van der Waals surface area contributed by atoms with Crippen LogP contribution in [0.15, 0.2) is 36.4 Å². The molecule has 0 spiro atoms. The van der Waals surface area contributed by atoms with Crippen LogP contribution in [0.2, 0.25) is 0 Å². The predicted molar refractivity (Wildman–Crippen MR) is 76.0 cm³/mol. The van der Waals surface area contributed by atoms with Gasteiger partial charge in [-0.3, -0.25) is 4.79 Å². The van der Waals surface area contributed by atoms with Crippen molar-refractivity contribution in [3.8, 4) is 0 Å². The van der Waals surface area contributed by atoms with Crippen molar-refractivity contribution >= 4 is 11.6 Å². The fourth-order valence-corrected chi connectivity index (χ4v) is 2.63. The van der Waals surface area contributed by atoms with Crippen molar-refractivity contribution < 1.29 is 13.6 Å². The van der Waals surface area contributed by atoms with Crippen LogP contribution in [0.5, 0.6) is 0 Å². The molecule has 0 fully saturated rings. The summed E-state index contributed by atoms with van der Waals surface area (Å²) in [5.41, 5.74) is 7.05. The lowest BCUT2D eigenvalue weighted by atomic mass is 9.77. The second-order valence-corrected chi connectivity index (χ2v) is 5.17. The summed E-state index contributed by atoms with van der Waals surface area (Å²) < 4.78 is 27.0. The molecule has 0 aromatic heterocycles. The third-order valence-electron chi connectivity index (χ3n) is 3.78. The summed E-state index contributed by atoms with van der Waals surface area (Å²) in [6.07, 6.45) is 0.879. The molecule has 3 nitrogen and oxygen atoms in total. The zero-order valence-corrected chi connectivity index (χ0v) is 11.2. The van der Waals surface area contributed by atoms with Crippen LogP contribution in [0.25, 0.3) is 0 Å². The molecule has 3 N–H and O–H groups in total. The zero-order valence-electron chi connectivity index (χ0n) is 11.2. The minimum atomic E-state index is -0.886. The molecular formula is C16H14F2N2O. The molecule has 0 radical (unpaired) electrons. The standard InChI is InChI=1S/C16H14F2N2O/c17-11-6-13(15(18)14(19)7-11)16(21)20-8-10-5-9-3-1-2-4-12(9)10/h1-4,6-7,10H,5,8,19H2,(H,20,21). The first-order valence-electron chi connectivity index (χ1n) is 6.67. The molecule has 1 unspecified atom stereocenters. The average molecular weight is 288 g/mol. The highest BCUT2D eigenvalue weighted by molar-refractivity contribution is 5.95. The smallest absolute Gasteiger partial charge is 0.254 e. The average Bonchev–Trinajstić information content (AvgIpc) is 2.43. The highest BCUT2D eigenvalue weighted by atomic mass is 19.1. The van der Waals surface area contributed by atoms with Gasteiger partial charge in [0.25, 0.3) is 5.91 Å². The van der Waals surface area contributed by atoms with E-state index in [0.29, 0.717) is 6.54 Å². The molecule has 108 valence electrons. The summed E-state index contributed by atoms with van der Waals surface area (Å²) in [6.45, 7) is 0.395. The van der Waals surface area contributed by atoms with Gasteiger partial charge in [0.15, 0.2) is 5.82 Å². The Kier molecular flexibility index (Phi) is 3.33. The molecule has 0 saturated heterocycles. The van der Waals surface area contributed by atoms with Gasteiger partial charge in [0.1, 0.15) is 5.82 Å². The highest BCUT2D eigenvalue weighted by Crippen LogP contribution is 2.34. The normalized spacial score (nSPS) is 16.0. The molecule has 1 aliphatic rings.